The monoisotopic (exact) mass is 321 g/mol. The minimum Gasteiger partial charge on any atom is -0.497 e. The van der Waals surface area contributed by atoms with Crippen molar-refractivity contribution < 1.29 is 4.74 Å². The van der Waals surface area contributed by atoms with Gasteiger partial charge in [-0.05, 0) is 42.5 Å². The number of benzene rings is 2. The second-order valence-corrected chi connectivity index (χ2v) is 6.52. The standard InChI is InChI=1S/C22H27NO/c1-24-22-15-13-20(14-16-22)18-23(17-19-9-5-4-6-10-19)21-11-7-2-3-8-12-21/h4-7,9-11,13-16,21H,2-3,8,12,17-18H2,1H3/t21-/m1/s1. The van der Waals surface area contributed by atoms with E-state index in [0.29, 0.717) is 6.04 Å². The fourth-order valence-electron chi connectivity index (χ4n) is 3.34. The first-order chi connectivity index (χ1) is 11.8. The van der Waals surface area contributed by atoms with Gasteiger partial charge in [-0.15, -0.1) is 0 Å². The summed E-state index contributed by atoms with van der Waals surface area (Å²) in [4.78, 5) is 2.60. The lowest BCUT2D eigenvalue weighted by atomic mass is 10.1. The van der Waals surface area contributed by atoms with E-state index in [2.05, 4.69) is 71.6 Å². The Bertz CT molecular complexity index is 633. The Kier molecular flexibility index (Phi) is 6.08. The van der Waals surface area contributed by atoms with Crippen LogP contribution in [0.1, 0.15) is 36.8 Å². The SMILES string of the molecule is COc1ccc(CN(Cc2ccccc2)[C@@H]2C=CCCCC2)cc1. The van der Waals surface area contributed by atoms with Crippen molar-refractivity contribution in [3.05, 3.63) is 77.9 Å². The Labute approximate surface area is 145 Å². The number of methoxy groups -OCH3 is 1. The number of rotatable bonds is 6. The molecule has 0 aromatic heterocycles. The number of hydrogen-bond donors (Lipinski definition) is 0. The number of hydrogen-bond acceptors (Lipinski definition) is 2. The molecule has 0 amide bonds. The Morgan fingerprint density at radius 2 is 1.62 bits per heavy atom. The third-order valence-electron chi connectivity index (χ3n) is 4.72. The van der Waals surface area contributed by atoms with Gasteiger partial charge >= 0.3 is 0 Å². The lowest BCUT2D eigenvalue weighted by molar-refractivity contribution is 0.201. The van der Waals surface area contributed by atoms with Crippen LogP contribution in [0.5, 0.6) is 5.75 Å². The fourth-order valence-corrected chi connectivity index (χ4v) is 3.34. The van der Waals surface area contributed by atoms with Crippen LogP contribution in [-0.2, 0) is 13.1 Å². The largest absolute Gasteiger partial charge is 0.497 e. The van der Waals surface area contributed by atoms with Gasteiger partial charge in [0, 0.05) is 19.1 Å². The van der Waals surface area contributed by atoms with Gasteiger partial charge in [0.25, 0.3) is 0 Å². The summed E-state index contributed by atoms with van der Waals surface area (Å²) >= 11 is 0. The molecular formula is C22H27NO. The zero-order chi connectivity index (χ0) is 16.6. The van der Waals surface area contributed by atoms with Gasteiger partial charge in [0.05, 0.1) is 7.11 Å². The molecule has 0 saturated heterocycles. The van der Waals surface area contributed by atoms with Crippen molar-refractivity contribution in [1.82, 2.24) is 4.90 Å². The molecule has 0 fully saturated rings. The van der Waals surface area contributed by atoms with Crippen LogP contribution in [0.25, 0.3) is 0 Å². The van der Waals surface area contributed by atoms with Gasteiger partial charge in [0.2, 0.25) is 0 Å². The molecule has 126 valence electrons. The molecule has 0 unspecified atom stereocenters. The maximum Gasteiger partial charge on any atom is 0.118 e. The third kappa shape index (κ3) is 4.72. The van der Waals surface area contributed by atoms with Gasteiger partial charge < -0.3 is 4.74 Å². The third-order valence-corrected chi connectivity index (χ3v) is 4.72. The van der Waals surface area contributed by atoms with Crippen LogP contribution in [0, 0.1) is 0 Å². The highest BCUT2D eigenvalue weighted by molar-refractivity contribution is 5.27. The van der Waals surface area contributed by atoms with Crippen LogP contribution in [-0.4, -0.2) is 18.1 Å². The van der Waals surface area contributed by atoms with Crippen LogP contribution >= 0.6 is 0 Å². The number of nitrogens with zero attached hydrogens (tertiary/aromatic N) is 1. The molecule has 1 aliphatic rings. The summed E-state index contributed by atoms with van der Waals surface area (Å²) < 4.78 is 5.28. The first kappa shape index (κ1) is 16.8. The van der Waals surface area contributed by atoms with Gasteiger partial charge in [-0.1, -0.05) is 61.0 Å². The van der Waals surface area contributed by atoms with E-state index in [1.54, 1.807) is 7.11 Å². The predicted molar refractivity (Wildman–Crippen MR) is 100 cm³/mol. The Morgan fingerprint density at radius 3 is 2.33 bits per heavy atom. The summed E-state index contributed by atoms with van der Waals surface area (Å²) in [6, 6.07) is 19.8. The van der Waals surface area contributed by atoms with Crippen LogP contribution in [0.3, 0.4) is 0 Å². The van der Waals surface area contributed by atoms with Gasteiger partial charge in [0.1, 0.15) is 5.75 Å². The summed E-state index contributed by atoms with van der Waals surface area (Å²) in [5.74, 6) is 0.919. The van der Waals surface area contributed by atoms with Crippen molar-refractivity contribution in [1.29, 1.82) is 0 Å². The van der Waals surface area contributed by atoms with E-state index < -0.39 is 0 Å². The van der Waals surface area contributed by atoms with Gasteiger partial charge in [-0.3, -0.25) is 4.90 Å². The van der Waals surface area contributed by atoms with Crippen molar-refractivity contribution >= 4 is 0 Å². The average Bonchev–Trinajstić information content (AvgIpc) is 2.92. The predicted octanol–water partition coefficient (Wildman–Crippen LogP) is 5.20. The Hall–Kier alpha value is -2.06. The van der Waals surface area contributed by atoms with Crippen LogP contribution in [0.15, 0.2) is 66.7 Å². The van der Waals surface area contributed by atoms with E-state index >= 15 is 0 Å². The highest BCUT2D eigenvalue weighted by Crippen LogP contribution is 2.22. The van der Waals surface area contributed by atoms with Gasteiger partial charge in [0.15, 0.2) is 0 Å². The van der Waals surface area contributed by atoms with E-state index in [9.17, 15) is 0 Å². The molecule has 2 aromatic rings. The quantitative estimate of drug-likeness (QED) is 0.678. The minimum atomic E-state index is 0.523. The first-order valence-electron chi connectivity index (χ1n) is 8.93. The Morgan fingerprint density at radius 1 is 0.917 bits per heavy atom. The molecule has 1 aliphatic carbocycles. The van der Waals surface area contributed by atoms with Crippen molar-refractivity contribution in [2.24, 2.45) is 0 Å². The lowest BCUT2D eigenvalue weighted by Gasteiger charge is -2.30. The average molecular weight is 321 g/mol. The number of allylic oxidation sites excluding steroid dienone is 1. The molecule has 0 spiro atoms. The van der Waals surface area contributed by atoms with E-state index in [4.69, 9.17) is 4.74 Å². The summed E-state index contributed by atoms with van der Waals surface area (Å²) in [7, 11) is 1.72. The van der Waals surface area contributed by atoms with E-state index in [-0.39, 0.29) is 0 Å². The minimum absolute atomic E-state index is 0.523. The maximum atomic E-state index is 5.28. The highest BCUT2D eigenvalue weighted by atomic mass is 16.5. The molecule has 2 heteroatoms. The molecule has 0 radical (unpaired) electrons. The fraction of sp³-hybridized carbons (Fsp3) is 0.364. The number of ether oxygens (including phenoxy) is 1. The zero-order valence-electron chi connectivity index (χ0n) is 14.5. The molecule has 2 aromatic carbocycles. The molecule has 0 N–H and O–H groups in total. The normalized spacial score (nSPS) is 17.7. The lowest BCUT2D eigenvalue weighted by Crippen LogP contribution is -2.32. The second-order valence-electron chi connectivity index (χ2n) is 6.52. The zero-order valence-corrected chi connectivity index (χ0v) is 14.5. The summed E-state index contributed by atoms with van der Waals surface area (Å²) in [5, 5.41) is 0. The van der Waals surface area contributed by atoms with Crippen LogP contribution < -0.4 is 4.74 Å². The molecule has 3 rings (SSSR count). The van der Waals surface area contributed by atoms with Crippen LogP contribution in [0.4, 0.5) is 0 Å². The van der Waals surface area contributed by atoms with Crippen molar-refractivity contribution in [3.8, 4) is 5.75 Å². The molecule has 2 nitrogen and oxygen atoms in total. The molecular weight excluding hydrogens is 294 g/mol. The smallest absolute Gasteiger partial charge is 0.118 e. The van der Waals surface area contributed by atoms with Gasteiger partial charge in [-0.25, -0.2) is 0 Å². The second kappa shape index (κ2) is 8.70. The maximum absolute atomic E-state index is 5.28. The molecule has 0 heterocycles. The van der Waals surface area contributed by atoms with Crippen molar-refractivity contribution in [3.63, 3.8) is 0 Å². The molecule has 0 bridgehead atoms. The summed E-state index contributed by atoms with van der Waals surface area (Å²) in [6.07, 6.45) is 9.88. The summed E-state index contributed by atoms with van der Waals surface area (Å²) in [5.41, 5.74) is 2.72. The van der Waals surface area contributed by atoms with Crippen molar-refractivity contribution in [2.75, 3.05) is 7.11 Å². The molecule has 0 aliphatic heterocycles. The highest BCUT2D eigenvalue weighted by Gasteiger charge is 2.18. The Balaban J connectivity index is 1.77. The molecule has 1 atom stereocenters. The van der Waals surface area contributed by atoms with E-state index in [0.717, 1.165) is 18.8 Å². The van der Waals surface area contributed by atoms with E-state index in [1.165, 1.54) is 36.8 Å². The molecule has 24 heavy (non-hydrogen) atoms. The van der Waals surface area contributed by atoms with E-state index in [1.807, 2.05) is 0 Å². The topological polar surface area (TPSA) is 12.5 Å². The first-order valence-corrected chi connectivity index (χ1v) is 8.93. The van der Waals surface area contributed by atoms with Crippen molar-refractivity contribution in [2.45, 2.75) is 44.8 Å². The van der Waals surface area contributed by atoms with Crippen LogP contribution in [0.2, 0.25) is 0 Å². The van der Waals surface area contributed by atoms with Gasteiger partial charge in [-0.2, -0.15) is 0 Å². The summed E-state index contributed by atoms with van der Waals surface area (Å²) in [6.45, 7) is 1.95. The molecule has 0 saturated carbocycles.